The molecule has 0 aliphatic rings. The minimum absolute atomic E-state index is 0.191. The van der Waals surface area contributed by atoms with Gasteiger partial charge >= 0.3 is 0 Å². The first-order chi connectivity index (χ1) is 13.4. The molecule has 8 heteroatoms. The van der Waals surface area contributed by atoms with E-state index in [4.69, 9.17) is 28.6 Å². The Hall–Kier alpha value is -2.48. The fraction of sp³-hybridized carbons (Fsp3) is 0.250. The lowest BCUT2D eigenvalue weighted by molar-refractivity contribution is 0.102. The van der Waals surface area contributed by atoms with Crippen LogP contribution in [0.2, 0.25) is 5.02 Å². The van der Waals surface area contributed by atoms with E-state index in [1.807, 2.05) is 13.0 Å². The van der Waals surface area contributed by atoms with Gasteiger partial charge in [0.05, 0.1) is 21.6 Å². The molecule has 0 fully saturated rings. The minimum Gasteiger partial charge on any atom is -0.385 e. The number of hydrogen-bond donors (Lipinski definition) is 2. The second-order valence-corrected chi connectivity index (χ2v) is 7.22. The maximum Gasteiger partial charge on any atom is 0.262 e. The van der Waals surface area contributed by atoms with Gasteiger partial charge in [0, 0.05) is 25.8 Å². The summed E-state index contributed by atoms with van der Waals surface area (Å²) in [7, 11) is 1.61. The highest BCUT2D eigenvalue weighted by molar-refractivity contribution is 7.71. The number of rotatable bonds is 6. The minimum atomic E-state index is -0.323. The number of benzene rings is 2. The van der Waals surface area contributed by atoms with E-state index in [2.05, 4.69) is 10.3 Å². The number of aromatic amines is 1. The molecule has 0 atom stereocenters. The van der Waals surface area contributed by atoms with Crippen molar-refractivity contribution >= 4 is 46.3 Å². The molecule has 0 saturated carbocycles. The number of aromatic nitrogens is 2. The topological polar surface area (TPSA) is 76.1 Å². The predicted molar refractivity (Wildman–Crippen MR) is 114 cm³/mol. The Bertz CT molecular complexity index is 1150. The van der Waals surface area contributed by atoms with Crippen molar-refractivity contribution in [2.45, 2.75) is 19.9 Å². The zero-order valence-electron chi connectivity index (χ0n) is 15.5. The highest BCUT2D eigenvalue weighted by atomic mass is 35.5. The van der Waals surface area contributed by atoms with Gasteiger partial charge in [-0.2, -0.15) is 0 Å². The van der Waals surface area contributed by atoms with Crippen LogP contribution in [0.4, 0.5) is 5.69 Å². The predicted octanol–water partition coefficient (Wildman–Crippen LogP) is 4.31. The lowest BCUT2D eigenvalue weighted by Gasteiger charge is -2.10. The standard InChI is InChI=1S/C20H20ClN3O3S/c1-12-4-7-16(15(21)10-12)22-18(25)13-5-6-14-17(11-13)23-20(28)24(19(14)26)8-3-9-27-2/h4-7,10-11H,3,8-9H2,1-2H3,(H,22,25)(H,23,28). The second-order valence-electron chi connectivity index (χ2n) is 6.43. The molecule has 1 heterocycles. The molecular formula is C20H20ClN3O3S. The van der Waals surface area contributed by atoms with Gasteiger partial charge in [0.1, 0.15) is 0 Å². The van der Waals surface area contributed by atoms with E-state index in [1.165, 1.54) is 4.57 Å². The van der Waals surface area contributed by atoms with Gasteiger partial charge in [-0.15, -0.1) is 0 Å². The van der Waals surface area contributed by atoms with E-state index in [1.54, 1.807) is 37.4 Å². The lowest BCUT2D eigenvalue weighted by Crippen LogP contribution is -2.23. The third-order valence-electron chi connectivity index (χ3n) is 4.35. The van der Waals surface area contributed by atoms with Crippen molar-refractivity contribution in [3.63, 3.8) is 0 Å². The average Bonchev–Trinajstić information content (AvgIpc) is 2.66. The summed E-state index contributed by atoms with van der Waals surface area (Å²) in [5.41, 5.74) is 2.25. The molecule has 2 aromatic carbocycles. The molecule has 3 rings (SSSR count). The van der Waals surface area contributed by atoms with Crippen LogP contribution in [0.25, 0.3) is 10.9 Å². The zero-order valence-corrected chi connectivity index (χ0v) is 17.1. The number of halogens is 1. The first-order valence-electron chi connectivity index (χ1n) is 8.74. The van der Waals surface area contributed by atoms with Gasteiger partial charge in [-0.05, 0) is 61.5 Å². The molecule has 0 aliphatic heterocycles. The summed E-state index contributed by atoms with van der Waals surface area (Å²) in [6.45, 7) is 2.93. The quantitative estimate of drug-likeness (QED) is 0.463. The molecule has 3 aromatic rings. The normalized spacial score (nSPS) is 11.0. The highest BCUT2D eigenvalue weighted by Gasteiger charge is 2.12. The number of amides is 1. The number of carbonyl (C=O) groups is 1. The lowest BCUT2D eigenvalue weighted by atomic mass is 10.1. The van der Waals surface area contributed by atoms with Crippen LogP contribution >= 0.6 is 23.8 Å². The van der Waals surface area contributed by atoms with Crippen LogP contribution in [0.5, 0.6) is 0 Å². The summed E-state index contributed by atoms with van der Waals surface area (Å²) in [6.07, 6.45) is 0.678. The van der Waals surface area contributed by atoms with E-state index >= 15 is 0 Å². The van der Waals surface area contributed by atoms with Crippen molar-refractivity contribution in [2.24, 2.45) is 0 Å². The van der Waals surface area contributed by atoms with Gasteiger partial charge < -0.3 is 15.0 Å². The number of ether oxygens (including phenoxy) is 1. The van der Waals surface area contributed by atoms with Gasteiger partial charge in [-0.1, -0.05) is 17.7 Å². The molecule has 28 heavy (non-hydrogen) atoms. The Balaban J connectivity index is 1.91. The molecule has 1 aromatic heterocycles. The van der Waals surface area contributed by atoms with Crippen LogP contribution in [0.3, 0.4) is 0 Å². The van der Waals surface area contributed by atoms with E-state index in [0.29, 0.717) is 51.5 Å². The Labute approximate surface area is 172 Å². The van der Waals surface area contributed by atoms with Crippen molar-refractivity contribution in [3.8, 4) is 0 Å². The summed E-state index contributed by atoms with van der Waals surface area (Å²) in [5, 5.41) is 3.72. The van der Waals surface area contributed by atoms with Gasteiger partial charge in [-0.25, -0.2) is 0 Å². The molecule has 0 saturated heterocycles. The summed E-state index contributed by atoms with van der Waals surface area (Å²) in [5.74, 6) is -0.323. The van der Waals surface area contributed by atoms with Crippen LogP contribution in [-0.4, -0.2) is 29.2 Å². The number of anilines is 1. The fourth-order valence-electron chi connectivity index (χ4n) is 2.88. The van der Waals surface area contributed by atoms with Crippen molar-refractivity contribution in [1.82, 2.24) is 9.55 Å². The third kappa shape index (κ3) is 4.32. The largest absolute Gasteiger partial charge is 0.385 e. The van der Waals surface area contributed by atoms with E-state index in [9.17, 15) is 9.59 Å². The molecule has 1 amide bonds. The molecule has 146 valence electrons. The average molecular weight is 418 g/mol. The third-order valence-corrected chi connectivity index (χ3v) is 4.98. The van der Waals surface area contributed by atoms with Crippen molar-refractivity contribution in [1.29, 1.82) is 0 Å². The van der Waals surface area contributed by atoms with Gasteiger partial charge in [-0.3, -0.25) is 14.2 Å². The number of hydrogen-bond acceptors (Lipinski definition) is 4. The zero-order chi connectivity index (χ0) is 20.3. The number of carbonyl (C=O) groups excluding carboxylic acids is 1. The van der Waals surface area contributed by atoms with Gasteiger partial charge in [0.2, 0.25) is 0 Å². The number of aryl methyl sites for hydroxylation is 1. The van der Waals surface area contributed by atoms with E-state index in [0.717, 1.165) is 5.56 Å². The molecule has 6 nitrogen and oxygen atoms in total. The van der Waals surface area contributed by atoms with E-state index < -0.39 is 0 Å². The summed E-state index contributed by atoms with van der Waals surface area (Å²) in [6, 6.07) is 10.2. The molecule has 0 spiro atoms. The van der Waals surface area contributed by atoms with Crippen LogP contribution in [0.15, 0.2) is 41.2 Å². The van der Waals surface area contributed by atoms with Gasteiger partial charge in [0.15, 0.2) is 4.77 Å². The Morgan fingerprint density at radius 3 is 2.79 bits per heavy atom. The number of H-pyrrole nitrogens is 1. The maximum absolute atomic E-state index is 12.7. The fourth-order valence-corrected chi connectivity index (χ4v) is 3.45. The molecule has 0 aliphatic carbocycles. The maximum atomic E-state index is 12.7. The van der Waals surface area contributed by atoms with Crippen molar-refractivity contribution < 1.29 is 9.53 Å². The molecule has 0 unspecified atom stereocenters. The Morgan fingerprint density at radius 1 is 1.29 bits per heavy atom. The summed E-state index contributed by atoms with van der Waals surface area (Å²) < 4.78 is 6.84. The molecule has 0 radical (unpaired) electrons. The van der Waals surface area contributed by atoms with Crippen molar-refractivity contribution in [3.05, 3.63) is 67.7 Å². The SMILES string of the molecule is COCCCn1c(=S)[nH]c2cc(C(=O)Nc3ccc(C)cc3Cl)ccc2c1=O. The first kappa shape index (κ1) is 20.3. The van der Waals surface area contributed by atoms with E-state index in [-0.39, 0.29) is 11.5 Å². The first-order valence-corrected chi connectivity index (χ1v) is 9.52. The second kappa shape index (κ2) is 8.68. The molecule has 0 bridgehead atoms. The number of fused-ring (bicyclic) bond motifs is 1. The van der Waals surface area contributed by atoms with Crippen molar-refractivity contribution in [2.75, 3.05) is 19.0 Å². The summed E-state index contributed by atoms with van der Waals surface area (Å²) >= 11 is 11.5. The summed E-state index contributed by atoms with van der Waals surface area (Å²) in [4.78, 5) is 28.3. The number of nitrogens with zero attached hydrogens (tertiary/aromatic N) is 1. The Morgan fingerprint density at radius 2 is 2.07 bits per heavy atom. The van der Waals surface area contributed by atoms with Crippen LogP contribution in [0, 0.1) is 11.7 Å². The smallest absolute Gasteiger partial charge is 0.262 e. The monoisotopic (exact) mass is 417 g/mol. The number of methoxy groups -OCH3 is 1. The van der Waals surface area contributed by atoms with Crippen LogP contribution in [-0.2, 0) is 11.3 Å². The Kier molecular flexibility index (Phi) is 6.28. The number of nitrogens with one attached hydrogen (secondary N) is 2. The highest BCUT2D eigenvalue weighted by Crippen LogP contribution is 2.23. The molecule has 2 N–H and O–H groups in total. The van der Waals surface area contributed by atoms with Crippen LogP contribution < -0.4 is 10.9 Å². The van der Waals surface area contributed by atoms with Crippen LogP contribution in [0.1, 0.15) is 22.3 Å². The molecular weight excluding hydrogens is 398 g/mol. The van der Waals surface area contributed by atoms with Gasteiger partial charge in [0.25, 0.3) is 11.5 Å².